The van der Waals surface area contributed by atoms with Crippen LogP contribution in [0.15, 0.2) is 18.2 Å². The summed E-state index contributed by atoms with van der Waals surface area (Å²) in [5.74, 6) is -0.301. The Kier molecular flexibility index (Phi) is 4.32. The van der Waals surface area contributed by atoms with Gasteiger partial charge in [-0.05, 0) is 36.6 Å². The number of hydrogen-bond acceptors (Lipinski definition) is 2. The van der Waals surface area contributed by atoms with Gasteiger partial charge in [-0.2, -0.15) is 13.2 Å². The summed E-state index contributed by atoms with van der Waals surface area (Å²) < 4.78 is 39.3. The summed E-state index contributed by atoms with van der Waals surface area (Å²) in [6, 6.07) is 2.70. The molecule has 0 saturated heterocycles. The van der Waals surface area contributed by atoms with E-state index in [9.17, 15) is 18.0 Å². The minimum Gasteiger partial charge on any atom is -0.352 e. The van der Waals surface area contributed by atoms with E-state index in [1.165, 1.54) is 12.1 Å². The van der Waals surface area contributed by atoms with E-state index in [-0.39, 0.29) is 18.0 Å². The smallest absolute Gasteiger partial charge is 0.352 e. The SMILES string of the molecule is CCCNC(c1ccc2c(c1)C(=O)NCC2)C(F)(F)F. The first-order valence-electron chi connectivity index (χ1n) is 6.64. The second kappa shape index (κ2) is 5.83. The fraction of sp³-hybridized carbons (Fsp3) is 0.500. The molecule has 0 aromatic heterocycles. The average molecular weight is 286 g/mol. The number of fused-ring (bicyclic) bond motifs is 1. The molecule has 1 heterocycles. The number of amides is 1. The van der Waals surface area contributed by atoms with E-state index >= 15 is 0 Å². The van der Waals surface area contributed by atoms with Gasteiger partial charge in [-0.25, -0.2) is 0 Å². The first-order chi connectivity index (χ1) is 9.43. The zero-order valence-corrected chi connectivity index (χ0v) is 11.2. The zero-order valence-electron chi connectivity index (χ0n) is 11.2. The Balaban J connectivity index is 2.34. The van der Waals surface area contributed by atoms with E-state index in [2.05, 4.69) is 10.6 Å². The van der Waals surface area contributed by atoms with Gasteiger partial charge in [0.15, 0.2) is 0 Å². The molecule has 0 aliphatic carbocycles. The van der Waals surface area contributed by atoms with Gasteiger partial charge in [0.05, 0.1) is 0 Å². The normalized spacial score (nSPS) is 16.5. The van der Waals surface area contributed by atoms with E-state index in [0.717, 1.165) is 5.56 Å². The second-order valence-corrected chi connectivity index (χ2v) is 4.85. The topological polar surface area (TPSA) is 41.1 Å². The number of halogens is 3. The lowest BCUT2D eigenvalue weighted by atomic mass is 9.95. The molecule has 0 radical (unpaired) electrons. The summed E-state index contributed by atoms with van der Waals surface area (Å²) in [5.41, 5.74) is 1.23. The third-order valence-corrected chi connectivity index (χ3v) is 3.32. The van der Waals surface area contributed by atoms with E-state index in [1.54, 1.807) is 13.0 Å². The lowest BCUT2D eigenvalue weighted by molar-refractivity contribution is -0.157. The lowest BCUT2D eigenvalue weighted by Gasteiger charge is -2.24. The molecular formula is C14H17F3N2O. The van der Waals surface area contributed by atoms with Gasteiger partial charge in [0.1, 0.15) is 6.04 Å². The Labute approximate surface area is 115 Å². The van der Waals surface area contributed by atoms with Gasteiger partial charge in [0.25, 0.3) is 5.91 Å². The van der Waals surface area contributed by atoms with E-state index in [4.69, 9.17) is 0 Å². The van der Waals surface area contributed by atoms with Gasteiger partial charge >= 0.3 is 6.18 Å². The van der Waals surface area contributed by atoms with Crippen LogP contribution < -0.4 is 10.6 Å². The van der Waals surface area contributed by atoms with Gasteiger partial charge in [0, 0.05) is 12.1 Å². The first-order valence-corrected chi connectivity index (χ1v) is 6.64. The van der Waals surface area contributed by atoms with E-state index in [0.29, 0.717) is 24.9 Å². The van der Waals surface area contributed by atoms with Crippen LogP contribution >= 0.6 is 0 Å². The maximum Gasteiger partial charge on any atom is 0.407 e. The molecule has 1 aromatic rings. The second-order valence-electron chi connectivity index (χ2n) is 4.85. The fourth-order valence-electron chi connectivity index (χ4n) is 2.32. The highest BCUT2D eigenvalue weighted by atomic mass is 19.4. The third-order valence-electron chi connectivity index (χ3n) is 3.32. The maximum atomic E-state index is 13.1. The van der Waals surface area contributed by atoms with Crippen molar-refractivity contribution < 1.29 is 18.0 Å². The molecule has 110 valence electrons. The number of benzene rings is 1. The van der Waals surface area contributed by atoms with Crippen molar-refractivity contribution in [2.45, 2.75) is 32.0 Å². The lowest BCUT2D eigenvalue weighted by Crippen LogP contribution is -2.36. The molecule has 1 aromatic carbocycles. The third kappa shape index (κ3) is 3.12. The van der Waals surface area contributed by atoms with Crippen LogP contribution in [0.5, 0.6) is 0 Å². The highest BCUT2D eigenvalue weighted by molar-refractivity contribution is 5.96. The largest absolute Gasteiger partial charge is 0.407 e. The van der Waals surface area contributed by atoms with Crippen molar-refractivity contribution in [3.8, 4) is 0 Å². The molecule has 1 unspecified atom stereocenters. The van der Waals surface area contributed by atoms with Crippen molar-refractivity contribution >= 4 is 5.91 Å². The molecule has 3 nitrogen and oxygen atoms in total. The van der Waals surface area contributed by atoms with Crippen LogP contribution in [0.1, 0.15) is 40.9 Å². The number of hydrogen-bond donors (Lipinski definition) is 2. The molecule has 0 saturated carbocycles. The summed E-state index contributed by atoms with van der Waals surface area (Å²) in [7, 11) is 0. The number of carbonyl (C=O) groups is 1. The van der Waals surface area contributed by atoms with Crippen molar-refractivity contribution in [3.05, 3.63) is 34.9 Å². The van der Waals surface area contributed by atoms with Crippen LogP contribution in [0.25, 0.3) is 0 Å². The van der Waals surface area contributed by atoms with Gasteiger partial charge in [0.2, 0.25) is 0 Å². The summed E-state index contributed by atoms with van der Waals surface area (Å²) in [4.78, 5) is 11.7. The van der Waals surface area contributed by atoms with Gasteiger partial charge < -0.3 is 10.6 Å². The van der Waals surface area contributed by atoms with Crippen molar-refractivity contribution in [1.82, 2.24) is 10.6 Å². The molecule has 1 amide bonds. The van der Waals surface area contributed by atoms with Crippen LogP contribution in [0.3, 0.4) is 0 Å². The van der Waals surface area contributed by atoms with Gasteiger partial charge in [-0.3, -0.25) is 4.79 Å². The summed E-state index contributed by atoms with van der Waals surface area (Å²) >= 11 is 0. The Morgan fingerprint density at radius 2 is 2.15 bits per heavy atom. The Hall–Kier alpha value is -1.56. The van der Waals surface area contributed by atoms with Crippen LogP contribution in [0, 0.1) is 0 Å². The molecule has 2 rings (SSSR count). The molecule has 2 N–H and O–H groups in total. The average Bonchev–Trinajstić information content (AvgIpc) is 2.38. The van der Waals surface area contributed by atoms with E-state index in [1.807, 2.05) is 0 Å². The van der Waals surface area contributed by atoms with Crippen molar-refractivity contribution in [2.75, 3.05) is 13.1 Å². The summed E-state index contributed by atoms with van der Waals surface area (Å²) in [6.45, 7) is 2.61. The van der Waals surface area contributed by atoms with Crippen LogP contribution in [-0.4, -0.2) is 25.2 Å². The summed E-state index contributed by atoms with van der Waals surface area (Å²) in [6.07, 6.45) is -3.12. The zero-order chi connectivity index (χ0) is 14.8. The minimum absolute atomic E-state index is 0.0850. The Morgan fingerprint density at radius 1 is 1.40 bits per heavy atom. The highest BCUT2D eigenvalue weighted by Crippen LogP contribution is 2.33. The predicted molar refractivity (Wildman–Crippen MR) is 69.6 cm³/mol. The number of rotatable bonds is 4. The van der Waals surface area contributed by atoms with Crippen molar-refractivity contribution in [1.29, 1.82) is 0 Å². The van der Waals surface area contributed by atoms with E-state index < -0.39 is 12.2 Å². The highest BCUT2D eigenvalue weighted by Gasteiger charge is 2.40. The van der Waals surface area contributed by atoms with Crippen molar-refractivity contribution in [3.63, 3.8) is 0 Å². The Morgan fingerprint density at radius 3 is 2.80 bits per heavy atom. The van der Waals surface area contributed by atoms with Crippen LogP contribution in [0.4, 0.5) is 13.2 Å². The van der Waals surface area contributed by atoms with Gasteiger partial charge in [-0.15, -0.1) is 0 Å². The fourth-order valence-corrected chi connectivity index (χ4v) is 2.32. The maximum absolute atomic E-state index is 13.1. The molecule has 0 spiro atoms. The molecule has 0 bridgehead atoms. The minimum atomic E-state index is -4.38. The van der Waals surface area contributed by atoms with Crippen molar-refractivity contribution in [2.24, 2.45) is 0 Å². The monoisotopic (exact) mass is 286 g/mol. The first kappa shape index (κ1) is 14.8. The quantitative estimate of drug-likeness (QED) is 0.893. The molecule has 1 aliphatic heterocycles. The molecular weight excluding hydrogens is 269 g/mol. The number of alkyl halides is 3. The molecule has 0 fully saturated rings. The Bertz CT molecular complexity index is 500. The number of nitrogens with one attached hydrogen (secondary N) is 2. The molecule has 1 atom stereocenters. The molecule has 1 aliphatic rings. The molecule has 6 heteroatoms. The summed E-state index contributed by atoms with van der Waals surface area (Å²) in [5, 5.41) is 5.14. The molecule has 20 heavy (non-hydrogen) atoms. The standard InChI is InChI=1S/C14H17F3N2O/c1-2-6-18-12(14(15,16)17)10-4-3-9-5-7-19-13(20)11(9)8-10/h3-4,8,12,18H,2,5-7H2,1H3,(H,19,20). The van der Waals surface area contributed by atoms with Crippen LogP contribution in [-0.2, 0) is 6.42 Å². The predicted octanol–water partition coefficient (Wildman–Crippen LogP) is 2.58. The van der Waals surface area contributed by atoms with Gasteiger partial charge in [-0.1, -0.05) is 19.1 Å². The van der Waals surface area contributed by atoms with Crippen LogP contribution in [0.2, 0.25) is 0 Å². The number of carbonyl (C=O) groups excluding carboxylic acids is 1.